The van der Waals surface area contributed by atoms with E-state index in [0.29, 0.717) is 28.6 Å². The highest BCUT2D eigenvalue weighted by atomic mass is 16.3. The third kappa shape index (κ3) is 4.36. The fraction of sp³-hybridized carbons (Fsp3) is 0.143. The zero-order valence-electron chi connectivity index (χ0n) is 19.6. The Balaban J connectivity index is 1.57. The van der Waals surface area contributed by atoms with Crippen molar-refractivity contribution < 1.29 is 14.0 Å². The number of aromatic nitrogens is 2. The molecule has 0 saturated carbocycles. The number of fused-ring (bicyclic) bond motifs is 3. The molecule has 0 fully saturated rings. The number of anilines is 1. The topological polar surface area (TPSA) is 103 Å². The molecule has 2 heterocycles. The maximum atomic E-state index is 13.6. The van der Waals surface area contributed by atoms with Gasteiger partial charge in [0.15, 0.2) is 5.78 Å². The molecule has 8 heteroatoms. The van der Waals surface area contributed by atoms with Gasteiger partial charge in [0, 0.05) is 23.2 Å². The lowest BCUT2D eigenvalue weighted by molar-refractivity contribution is -0.116. The van der Waals surface area contributed by atoms with E-state index in [1.54, 1.807) is 48.5 Å². The van der Waals surface area contributed by atoms with Gasteiger partial charge in [-0.25, -0.2) is 4.79 Å². The summed E-state index contributed by atoms with van der Waals surface area (Å²) in [6.45, 7) is 1.24. The summed E-state index contributed by atoms with van der Waals surface area (Å²) in [5, 5.41) is 3.31. The number of para-hydroxylation sites is 1. The number of nitrogens with one attached hydrogen (secondary N) is 1. The molecule has 1 N–H and O–H groups in total. The lowest BCUT2D eigenvalue weighted by atomic mass is 10.1. The van der Waals surface area contributed by atoms with E-state index < -0.39 is 17.2 Å². The number of furan rings is 1. The van der Waals surface area contributed by atoms with Crippen molar-refractivity contribution in [1.29, 1.82) is 0 Å². The second kappa shape index (κ2) is 9.50. The monoisotopic (exact) mass is 481 g/mol. The summed E-state index contributed by atoms with van der Waals surface area (Å²) < 4.78 is 8.24. The number of carbonyl (C=O) groups excluding carboxylic acids is 2. The van der Waals surface area contributed by atoms with Crippen LogP contribution in [0, 0.1) is 0 Å². The van der Waals surface area contributed by atoms with E-state index in [2.05, 4.69) is 5.32 Å². The van der Waals surface area contributed by atoms with E-state index in [1.165, 1.54) is 11.5 Å². The summed E-state index contributed by atoms with van der Waals surface area (Å²) in [5.74, 6) is -0.600. The van der Waals surface area contributed by atoms with Gasteiger partial charge in [-0.1, -0.05) is 54.6 Å². The van der Waals surface area contributed by atoms with Gasteiger partial charge < -0.3 is 9.73 Å². The summed E-state index contributed by atoms with van der Waals surface area (Å²) in [5.41, 5.74) is 1.50. The van der Waals surface area contributed by atoms with Crippen molar-refractivity contribution in [3.63, 3.8) is 0 Å². The third-order valence-corrected chi connectivity index (χ3v) is 6.06. The number of ketones is 1. The normalized spacial score (nSPS) is 11.1. The Hall–Kier alpha value is -4.72. The van der Waals surface area contributed by atoms with Crippen LogP contribution in [0.2, 0.25) is 0 Å². The molecular formula is C28H23N3O5. The molecule has 0 aliphatic carbocycles. The summed E-state index contributed by atoms with van der Waals surface area (Å²) in [7, 11) is 0. The number of benzene rings is 3. The van der Waals surface area contributed by atoms with Crippen LogP contribution in [0.5, 0.6) is 0 Å². The fourth-order valence-electron chi connectivity index (χ4n) is 4.29. The van der Waals surface area contributed by atoms with Gasteiger partial charge in [0.05, 0.1) is 0 Å². The van der Waals surface area contributed by atoms with E-state index in [4.69, 9.17) is 4.42 Å². The van der Waals surface area contributed by atoms with Crippen LogP contribution in [-0.2, 0) is 24.3 Å². The number of hydrogen-bond donors (Lipinski definition) is 1. The molecular weight excluding hydrogens is 458 g/mol. The molecule has 0 aliphatic rings. The second-order valence-corrected chi connectivity index (χ2v) is 8.52. The Kier molecular flexibility index (Phi) is 6.08. The highest BCUT2D eigenvalue weighted by Gasteiger charge is 2.21. The van der Waals surface area contributed by atoms with Crippen molar-refractivity contribution in [3.05, 3.63) is 111 Å². The van der Waals surface area contributed by atoms with Crippen molar-refractivity contribution >= 4 is 39.4 Å². The van der Waals surface area contributed by atoms with E-state index in [1.807, 2.05) is 30.3 Å². The molecule has 8 nitrogen and oxygen atoms in total. The van der Waals surface area contributed by atoms with Crippen LogP contribution in [0.3, 0.4) is 0 Å². The molecule has 0 atom stereocenters. The molecule has 0 bridgehead atoms. The summed E-state index contributed by atoms with van der Waals surface area (Å²) in [6, 6.07) is 23.1. The van der Waals surface area contributed by atoms with Crippen molar-refractivity contribution in [1.82, 2.24) is 9.13 Å². The average molecular weight is 482 g/mol. The maximum absolute atomic E-state index is 13.6. The molecule has 1 amide bonds. The molecule has 5 rings (SSSR count). The largest absolute Gasteiger partial charge is 0.449 e. The standard InChI is InChI=1S/C28H23N3O5/c1-18(32)20-10-7-11-21(16-20)29-24(33)17-31-25-22-12-5-6-13-23(22)36-26(25)27(34)30(28(31)35)15-14-19-8-3-2-4-9-19/h2-13,16H,14-15,17H2,1H3,(H,29,33). The second-order valence-electron chi connectivity index (χ2n) is 8.52. The zero-order chi connectivity index (χ0) is 25.2. The number of amides is 1. The predicted octanol–water partition coefficient (Wildman–Crippen LogP) is 3.99. The van der Waals surface area contributed by atoms with E-state index in [0.717, 1.165) is 10.1 Å². The van der Waals surface area contributed by atoms with Gasteiger partial charge in [0.1, 0.15) is 17.6 Å². The molecule has 0 saturated heterocycles. The van der Waals surface area contributed by atoms with Crippen LogP contribution >= 0.6 is 0 Å². The maximum Gasteiger partial charge on any atom is 0.332 e. The summed E-state index contributed by atoms with van der Waals surface area (Å²) in [4.78, 5) is 51.6. The highest BCUT2D eigenvalue weighted by molar-refractivity contribution is 6.03. The molecule has 0 aliphatic heterocycles. The van der Waals surface area contributed by atoms with E-state index in [9.17, 15) is 19.2 Å². The van der Waals surface area contributed by atoms with Crippen LogP contribution in [0.15, 0.2) is 92.9 Å². The quantitative estimate of drug-likeness (QED) is 0.354. The van der Waals surface area contributed by atoms with Gasteiger partial charge >= 0.3 is 5.69 Å². The Morgan fingerprint density at radius 3 is 2.42 bits per heavy atom. The fourth-order valence-corrected chi connectivity index (χ4v) is 4.29. The first kappa shape index (κ1) is 23.0. The predicted molar refractivity (Wildman–Crippen MR) is 137 cm³/mol. The van der Waals surface area contributed by atoms with Gasteiger partial charge in [-0.15, -0.1) is 0 Å². The molecule has 0 unspecified atom stereocenters. The smallest absolute Gasteiger partial charge is 0.332 e. The van der Waals surface area contributed by atoms with Crippen LogP contribution < -0.4 is 16.6 Å². The van der Waals surface area contributed by atoms with E-state index >= 15 is 0 Å². The van der Waals surface area contributed by atoms with Crippen molar-refractivity contribution in [3.8, 4) is 0 Å². The minimum Gasteiger partial charge on any atom is -0.449 e. The Morgan fingerprint density at radius 2 is 1.64 bits per heavy atom. The number of rotatable bonds is 7. The molecule has 36 heavy (non-hydrogen) atoms. The van der Waals surface area contributed by atoms with Crippen LogP contribution in [0.1, 0.15) is 22.8 Å². The summed E-state index contributed by atoms with van der Waals surface area (Å²) in [6.07, 6.45) is 0.464. The van der Waals surface area contributed by atoms with Crippen LogP contribution in [-0.4, -0.2) is 20.8 Å². The first-order valence-corrected chi connectivity index (χ1v) is 11.5. The number of hydrogen-bond acceptors (Lipinski definition) is 5. The Bertz CT molecular complexity index is 1730. The molecule has 2 aromatic heterocycles. The van der Waals surface area contributed by atoms with Gasteiger partial charge in [-0.2, -0.15) is 0 Å². The lowest BCUT2D eigenvalue weighted by Crippen LogP contribution is -2.41. The van der Waals surface area contributed by atoms with Crippen LogP contribution in [0.25, 0.3) is 22.1 Å². The minimum absolute atomic E-state index is 0.0234. The van der Waals surface area contributed by atoms with Crippen molar-refractivity contribution in [2.45, 2.75) is 26.4 Å². The number of Topliss-reactive ketones (excluding diaryl/α,β-unsaturated/α-hetero) is 1. The SMILES string of the molecule is CC(=O)c1cccc(NC(=O)Cn2c(=O)n(CCc3ccccc3)c(=O)c3oc4ccccc4c32)c1. The first-order valence-electron chi connectivity index (χ1n) is 11.5. The minimum atomic E-state index is -0.595. The first-order chi connectivity index (χ1) is 17.4. The average Bonchev–Trinajstić information content (AvgIpc) is 3.27. The van der Waals surface area contributed by atoms with Crippen LogP contribution in [0.4, 0.5) is 5.69 Å². The Labute approximate surface area is 205 Å². The lowest BCUT2D eigenvalue weighted by Gasteiger charge is -2.12. The molecule has 5 aromatic rings. The number of nitrogens with zero attached hydrogens (tertiary/aromatic N) is 2. The molecule has 0 radical (unpaired) electrons. The van der Waals surface area contributed by atoms with Gasteiger partial charge in [0.25, 0.3) is 5.56 Å². The zero-order valence-corrected chi connectivity index (χ0v) is 19.6. The van der Waals surface area contributed by atoms with Gasteiger partial charge in [-0.05, 0) is 43.2 Å². The van der Waals surface area contributed by atoms with Crippen molar-refractivity contribution in [2.24, 2.45) is 0 Å². The van der Waals surface area contributed by atoms with Gasteiger partial charge in [-0.3, -0.25) is 23.5 Å². The van der Waals surface area contributed by atoms with Gasteiger partial charge in [0.2, 0.25) is 11.5 Å². The van der Waals surface area contributed by atoms with E-state index in [-0.39, 0.29) is 30.0 Å². The molecule has 180 valence electrons. The third-order valence-electron chi connectivity index (χ3n) is 6.06. The Morgan fingerprint density at radius 1 is 0.889 bits per heavy atom. The highest BCUT2D eigenvalue weighted by Crippen LogP contribution is 2.25. The summed E-state index contributed by atoms with van der Waals surface area (Å²) >= 11 is 0. The molecule has 3 aromatic carbocycles. The number of aryl methyl sites for hydroxylation is 1. The molecule has 0 spiro atoms. The van der Waals surface area contributed by atoms with Crippen molar-refractivity contribution in [2.75, 3.05) is 5.32 Å². The number of carbonyl (C=O) groups is 2.